The maximum atomic E-state index is 12.7. The van der Waals surface area contributed by atoms with Gasteiger partial charge in [-0.3, -0.25) is 4.79 Å². The lowest BCUT2D eigenvalue weighted by Crippen LogP contribution is -2.32. The Hall–Kier alpha value is -3.09. The lowest BCUT2D eigenvalue weighted by molar-refractivity contribution is 0.0927. The van der Waals surface area contributed by atoms with Gasteiger partial charge in [0.05, 0.1) is 6.04 Å². The normalized spacial score (nSPS) is 16.3. The fraction of sp³-hybridized carbons (Fsp3) is 0.278. The predicted octanol–water partition coefficient (Wildman–Crippen LogP) is 2.17. The Morgan fingerprint density at radius 2 is 2.20 bits per heavy atom. The van der Waals surface area contributed by atoms with Crippen molar-refractivity contribution >= 4 is 5.91 Å². The van der Waals surface area contributed by atoms with Crippen LogP contribution in [0.1, 0.15) is 46.5 Å². The molecule has 3 heterocycles. The molecule has 0 bridgehead atoms. The van der Waals surface area contributed by atoms with Crippen LogP contribution in [0.3, 0.4) is 0 Å². The number of carbonyl (C=O) groups is 1. The van der Waals surface area contributed by atoms with Gasteiger partial charge in [-0.2, -0.15) is 5.10 Å². The average Bonchev–Trinajstić information content (AvgIpc) is 3.16. The van der Waals surface area contributed by atoms with E-state index in [2.05, 4.69) is 25.4 Å². The Balaban J connectivity index is 1.56. The van der Waals surface area contributed by atoms with E-state index in [-0.39, 0.29) is 11.9 Å². The standard InChI is InChI=1S/C18H18N6O/c1-12-19-11-13-14(21-12)5-2-6-15(13)23-18(25)16-7-3-8-17(22-16)24-10-4-9-20-24/h3-4,7-11,15H,2,5-6H2,1H3,(H,23,25). The molecule has 1 aliphatic rings. The van der Waals surface area contributed by atoms with Crippen molar-refractivity contribution in [2.75, 3.05) is 0 Å². The Morgan fingerprint density at radius 1 is 1.28 bits per heavy atom. The number of carbonyl (C=O) groups excluding carboxylic acids is 1. The molecule has 4 rings (SSSR count). The summed E-state index contributed by atoms with van der Waals surface area (Å²) in [7, 11) is 0. The van der Waals surface area contributed by atoms with Gasteiger partial charge in [0.2, 0.25) is 0 Å². The van der Waals surface area contributed by atoms with Gasteiger partial charge in [-0.25, -0.2) is 19.6 Å². The smallest absolute Gasteiger partial charge is 0.270 e. The maximum absolute atomic E-state index is 12.7. The van der Waals surface area contributed by atoms with Crippen LogP contribution in [0.25, 0.3) is 5.82 Å². The average molecular weight is 334 g/mol. The van der Waals surface area contributed by atoms with E-state index in [0.717, 1.165) is 36.3 Å². The number of nitrogens with zero attached hydrogens (tertiary/aromatic N) is 5. The molecule has 1 N–H and O–H groups in total. The van der Waals surface area contributed by atoms with Gasteiger partial charge in [0.15, 0.2) is 5.82 Å². The molecule has 3 aromatic rings. The second kappa shape index (κ2) is 6.43. The molecular weight excluding hydrogens is 316 g/mol. The summed E-state index contributed by atoms with van der Waals surface area (Å²) in [6, 6.07) is 7.07. The maximum Gasteiger partial charge on any atom is 0.270 e. The summed E-state index contributed by atoms with van der Waals surface area (Å²) >= 11 is 0. The van der Waals surface area contributed by atoms with Crippen LogP contribution in [0.15, 0.2) is 42.9 Å². The molecule has 0 fully saturated rings. The molecule has 0 saturated carbocycles. The van der Waals surface area contributed by atoms with Crippen LogP contribution in [0.5, 0.6) is 0 Å². The van der Waals surface area contributed by atoms with Crippen LogP contribution in [0.4, 0.5) is 0 Å². The van der Waals surface area contributed by atoms with Gasteiger partial charge in [0.25, 0.3) is 5.91 Å². The lowest BCUT2D eigenvalue weighted by atomic mass is 9.92. The van der Waals surface area contributed by atoms with Crippen LogP contribution in [-0.2, 0) is 6.42 Å². The fourth-order valence-corrected chi connectivity index (χ4v) is 3.11. The highest BCUT2D eigenvalue weighted by atomic mass is 16.1. The summed E-state index contributed by atoms with van der Waals surface area (Å²) in [5, 5.41) is 7.22. The molecule has 0 radical (unpaired) electrons. The van der Waals surface area contributed by atoms with Gasteiger partial charge in [0.1, 0.15) is 11.5 Å². The Kier molecular flexibility index (Phi) is 3.97. The number of aryl methyl sites for hydroxylation is 2. The molecule has 3 aromatic heterocycles. The third-order valence-electron chi connectivity index (χ3n) is 4.31. The number of hydrogen-bond acceptors (Lipinski definition) is 5. The highest BCUT2D eigenvalue weighted by molar-refractivity contribution is 5.92. The van der Waals surface area contributed by atoms with E-state index >= 15 is 0 Å². The lowest BCUT2D eigenvalue weighted by Gasteiger charge is -2.25. The van der Waals surface area contributed by atoms with Crippen molar-refractivity contribution in [3.63, 3.8) is 0 Å². The predicted molar refractivity (Wildman–Crippen MR) is 91.3 cm³/mol. The number of aromatic nitrogens is 5. The minimum Gasteiger partial charge on any atom is -0.344 e. The largest absolute Gasteiger partial charge is 0.344 e. The first kappa shape index (κ1) is 15.4. The Morgan fingerprint density at radius 3 is 3.04 bits per heavy atom. The molecule has 0 saturated heterocycles. The number of amides is 1. The minimum absolute atomic E-state index is 0.0768. The van der Waals surface area contributed by atoms with Crippen molar-refractivity contribution in [1.29, 1.82) is 0 Å². The molecular formula is C18H18N6O. The van der Waals surface area contributed by atoms with Crippen molar-refractivity contribution in [3.8, 4) is 5.82 Å². The second-order valence-electron chi connectivity index (χ2n) is 6.07. The van der Waals surface area contributed by atoms with E-state index in [1.54, 1.807) is 29.2 Å². The van der Waals surface area contributed by atoms with Crippen LogP contribution < -0.4 is 5.32 Å². The third-order valence-corrected chi connectivity index (χ3v) is 4.31. The van der Waals surface area contributed by atoms with Gasteiger partial charge in [0, 0.05) is 29.8 Å². The highest BCUT2D eigenvalue weighted by Gasteiger charge is 2.24. The first-order valence-corrected chi connectivity index (χ1v) is 8.31. The Bertz CT molecular complexity index is 906. The molecule has 1 atom stereocenters. The number of nitrogens with one attached hydrogen (secondary N) is 1. The van der Waals surface area contributed by atoms with E-state index < -0.39 is 0 Å². The number of pyridine rings is 1. The minimum atomic E-state index is -0.201. The first-order chi connectivity index (χ1) is 12.2. The summed E-state index contributed by atoms with van der Waals surface area (Å²) in [4.78, 5) is 25.9. The van der Waals surface area contributed by atoms with E-state index in [4.69, 9.17) is 0 Å². The van der Waals surface area contributed by atoms with Crippen molar-refractivity contribution < 1.29 is 4.79 Å². The van der Waals surface area contributed by atoms with Gasteiger partial charge in [-0.1, -0.05) is 6.07 Å². The summed E-state index contributed by atoms with van der Waals surface area (Å²) < 4.78 is 1.63. The van der Waals surface area contributed by atoms with Crippen molar-refractivity contribution in [1.82, 2.24) is 30.0 Å². The molecule has 1 aliphatic carbocycles. The number of hydrogen-bond donors (Lipinski definition) is 1. The van der Waals surface area contributed by atoms with E-state index in [1.165, 1.54) is 0 Å². The van der Waals surface area contributed by atoms with E-state index in [1.807, 2.05) is 25.3 Å². The molecule has 0 aromatic carbocycles. The molecule has 0 aliphatic heterocycles. The Labute approximate surface area is 145 Å². The van der Waals surface area contributed by atoms with Crippen LogP contribution >= 0.6 is 0 Å². The SMILES string of the molecule is Cc1ncc2c(n1)CCCC2NC(=O)c1cccc(-n2cccn2)n1. The number of rotatable bonds is 3. The quantitative estimate of drug-likeness (QED) is 0.793. The third kappa shape index (κ3) is 3.13. The molecule has 7 nitrogen and oxygen atoms in total. The van der Waals surface area contributed by atoms with E-state index in [9.17, 15) is 4.79 Å². The molecule has 7 heteroatoms. The summed E-state index contributed by atoms with van der Waals surface area (Å²) in [6.45, 7) is 1.88. The van der Waals surface area contributed by atoms with Crippen LogP contribution in [0, 0.1) is 6.92 Å². The summed E-state index contributed by atoms with van der Waals surface area (Å²) in [5.41, 5.74) is 2.41. The van der Waals surface area contributed by atoms with Gasteiger partial charge in [-0.05, 0) is 44.4 Å². The molecule has 1 unspecified atom stereocenters. The second-order valence-corrected chi connectivity index (χ2v) is 6.07. The summed E-state index contributed by atoms with van der Waals surface area (Å²) in [6.07, 6.45) is 8.10. The van der Waals surface area contributed by atoms with Gasteiger partial charge < -0.3 is 5.32 Å². The molecule has 126 valence electrons. The first-order valence-electron chi connectivity index (χ1n) is 8.31. The van der Waals surface area contributed by atoms with Crippen LogP contribution in [0.2, 0.25) is 0 Å². The van der Waals surface area contributed by atoms with Gasteiger partial charge in [-0.15, -0.1) is 0 Å². The molecule has 0 spiro atoms. The van der Waals surface area contributed by atoms with E-state index in [0.29, 0.717) is 11.5 Å². The zero-order valence-electron chi connectivity index (χ0n) is 13.9. The summed E-state index contributed by atoms with van der Waals surface area (Å²) in [5.74, 6) is 1.17. The number of fused-ring (bicyclic) bond motifs is 1. The zero-order valence-corrected chi connectivity index (χ0v) is 13.9. The molecule has 1 amide bonds. The highest BCUT2D eigenvalue weighted by Crippen LogP contribution is 2.28. The van der Waals surface area contributed by atoms with Crippen molar-refractivity contribution in [2.24, 2.45) is 0 Å². The van der Waals surface area contributed by atoms with Crippen LogP contribution in [-0.4, -0.2) is 30.6 Å². The van der Waals surface area contributed by atoms with Crippen molar-refractivity contribution in [3.05, 3.63) is 65.6 Å². The van der Waals surface area contributed by atoms with Gasteiger partial charge >= 0.3 is 0 Å². The zero-order chi connectivity index (χ0) is 17.2. The monoisotopic (exact) mass is 334 g/mol. The molecule has 25 heavy (non-hydrogen) atoms. The fourth-order valence-electron chi connectivity index (χ4n) is 3.11. The van der Waals surface area contributed by atoms with Crippen molar-refractivity contribution in [2.45, 2.75) is 32.2 Å². The topological polar surface area (TPSA) is 85.6 Å².